The lowest BCUT2D eigenvalue weighted by atomic mass is 9.77. The van der Waals surface area contributed by atoms with Gasteiger partial charge in [-0.2, -0.15) is 0 Å². The fraction of sp³-hybridized carbons (Fsp3) is 0.562. The number of rotatable bonds is 3. The van der Waals surface area contributed by atoms with Gasteiger partial charge in [-0.25, -0.2) is 0 Å². The van der Waals surface area contributed by atoms with Crippen LogP contribution in [0.15, 0.2) is 28.7 Å². The Kier molecular flexibility index (Phi) is 4.55. The Bertz CT molecular complexity index is 470. The molecule has 0 bridgehead atoms. The summed E-state index contributed by atoms with van der Waals surface area (Å²) in [6.07, 6.45) is 1.40. The minimum atomic E-state index is -0.427. The Labute approximate surface area is 129 Å². The largest absolute Gasteiger partial charge is 0.460 e. The van der Waals surface area contributed by atoms with Crippen LogP contribution >= 0.6 is 15.9 Å². The smallest absolute Gasteiger partial charge is 0.307 e. The summed E-state index contributed by atoms with van der Waals surface area (Å²) in [5.41, 5.74) is 0.643. The lowest BCUT2D eigenvalue weighted by molar-refractivity contribution is -0.156. The molecular formula is C16H22BrNO2. The van der Waals surface area contributed by atoms with Crippen molar-refractivity contribution >= 4 is 21.9 Å². The van der Waals surface area contributed by atoms with Gasteiger partial charge >= 0.3 is 5.97 Å². The molecule has 1 N–H and O–H groups in total. The van der Waals surface area contributed by atoms with Crippen LogP contribution in [-0.2, 0) is 14.9 Å². The van der Waals surface area contributed by atoms with Gasteiger partial charge in [0.15, 0.2) is 0 Å². The summed E-state index contributed by atoms with van der Waals surface area (Å²) < 4.78 is 6.55. The van der Waals surface area contributed by atoms with E-state index in [1.165, 1.54) is 5.56 Å². The van der Waals surface area contributed by atoms with Crippen LogP contribution in [0.25, 0.3) is 0 Å². The van der Waals surface area contributed by atoms with Crippen molar-refractivity contribution in [3.05, 3.63) is 34.3 Å². The van der Waals surface area contributed by atoms with Crippen LogP contribution in [0.5, 0.6) is 0 Å². The van der Waals surface area contributed by atoms with Crippen molar-refractivity contribution in [3.63, 3.8) is 0 Å². The van der Waals surface area contributed by atoms with Crippen LogP contribution in [0, 0.1) is 0 Å². The monoisotopic (exact) mass is 339 g/mol. The average Bonchev–Trinajstić information content (AvgIpc) is 2.76. The first kappa shape index (κ1) is 15.5. The van der Waals surface area contributed by atoms with Crippen LogP contribution in [-0.4, -0.2) is 24.7 Å². The van der Waals surface area contributed by atoms with E-state index in [0.29, 0.717) is 6.42 Å². The van der Waals surface area contributed by atoms with Gasteiger partial charge in [0.2, 0.25) is 0 Å². The molecule has 1 atom stereocenters. The molecule has 1 heterocycles. The number of nitrogens with one attached hydrogen (secondary N) is 1. The number of halogens is 1. The van der Waals surface area contributed by atoms with Gasteiger partial charge in [-0.05, 0) is 51.4 Å². The van der Waals surface area contributed by atoms with Crippen LogP contribution in [0.3, 0.4) is 0 Å². The fourth-order valence-corrected chi connectivity index (χ4v) is 2.96. The van der Waals surface area contributed by atoms with Crippen LogP contribution in [0.2, 0.25) is 0 Å². The van der Waals surface area contributed by atoms with Crippen molar-refractivity contribution in [3.8, 4) is 0 Å². The third kappa shape index (κ3) is 3.83. The van der Waals surface area contributed by atoms with Gasteiger partial charge in [0, 0.05) is 16.4 Å². The lowest BCUT2D eigenvalue weighted by Gasteiger charge is -2.30. The maximum Gasteiger partial charge on any atom is 0.307 e. The third-order valence-electron chi connectivity index (χ3n) is 3.60. The molecule has 1 aliphatic rings. The second-order valence-corrected chi connectivity index (χ2v) is 7.39. The van der Waals surface area contributed by atoms with Gasteiger partial charge < -0.3 is 10.1 Å². The van der Waals surface area contributed by atoms with Crippen molar-refractivity contribution in [2.24, 2.45) is 0 Å². The Morgan fingerprint density at radius 1 is 1.35 bits per heavy atom. The summed E-state index contributed by atoms with van der Waals surface area (Å²) in [6, 6.07) is 8.26. The van der Waals surface area contributed by atoms with Crippen molar-refractivity contribution in [1.82, 2.24) is 5.32 Å². The van der Waals surface area contributed by atoms with Crippen molar-refractivity contribution in [2.45, 2.75) is 44.6 Å². The number of esters is 1. The van der Waals surface area contributed by atoms with Gasteiger partial charge in [0.1, 0.15) is 5.60 Å². The average molecular weight is 340 g/mol. The van der Waals surface area contributed by atoms with E-state index >= 15 is 0 Å². The van der Waals surface area contributed by atoms with E-state index in [2.05, 4.69) is 33.4 Å². The molecule has 110 valence electrons. The zero-order valence-corrected chi connectivity index (χ0v) is 13.9. The first-order chi connectivity index (χ1) is 9.31. The van der Waals surface area contributed by atoms with Gasteiger partial charge in [-0.15, -0.1) is 0 Å². The Morgan fingerprint density at radius 2 is 2.00 bits per heavy atom. The number of carbonyl (C=O) groups excluding carboxylic acids is 1. The molecule has 0 amide bonds. The van der Waals surface area contributed by atoms with Crippen LogP contribution < -0.4 is 5.32 Å². The molecule has 0 aromatic heterocycles. The Hall–Kier alpha value is -0.870. The SMILES string of the molecule is CC(C)(C)OC(=O)CC1(c2ccc(Br)cc2)CCNC1. The maximum absolute atomic E-state index is 12.2. The molecule has 2 rings (SSSR count). The van der Waals surface area contributed by atoms with E-state index in [0.717, 1.165) is 24.0 Å². The van der Waals surface area contributed by atoms with Gasteiger partial charge in [-0.3, -0.25) is 4.79 Å². The number of benzene rings is 1. The zero-order valence-electron chi connectivity index (χ0n) is 12.3. The van der Waals surface area contributed by atoms with Crippen molar-refractivity contribution in [1.29, 1.82) is 0 Å². The van der Waals surface area contributed by atoms with Gasteiger partial charge in [0.05, 0.1) is 6.42 Å². The molecule has 0 spiro atoms. The molecule has 20 heavy (non-hydrogen) atoms. The summed E-state index contributed by atoms with van der Waals surface area (Å²) >= 11 is 3.46. The highest BCUT2D eigenvalue weighted by atomic mass is 79.9. The minimum Gasteiger partial charge on any atom is -0.460 e. The van der Waals surface area contributed by atoms with Crippen molar-refractivity contribution in [2.75, 3.05) is 13.1 Å². The fourth-order valence-electron chi connectivity index (χ4n) is 2.70. The number of carbonyl (C=O) groups is 1. The van der Waals surface area contributed by atoms with Crippen LogP contribution in [0.4, 0.5) is 0 Å². The number of hydrogen-bond acceptors (Lipinski definition) is 3. The molecule has 1 fully saturated rings. The first-order valence-electron chi connectivity index (χ1n) is 6.99. The van der Waals surface area contributed by atoms with Crippen molar-refractivity contribution < 1.29 is 9.53 Å². The normalized spacial score (nSPS) is 22.8. The molecule has 3 nitrogen and oxygen atoms in total. The van der Waals surface area contributed by atoms with E-state index in [9.17, 15) is 4.79 Å². The number of hydrogen-bond donors (Lipinski definition) is 1. The second-order valence-electron chi connectivity index (χ2n) is 6.48. The second kappa shape index (κ2) is 5.86. The van der Waals surface area contributed by atoms with E-state index in [1.807, 2.05) is 32.9 Å². The summed E-state index contributed by atoms with van der Waals surface area (Å²) in [5.74, 6) is -0.121. The molecular weight excluding hydrogens is 318 g/mol. The number of ether oxygens (including phenoxy) is 1. The highest BCUT2D eigenvalue weighted by Crippen LogP contribution is 2.35. The quantitative estimate of drug-likeness (QED) is 0.857. The molecule has 0 saturated carbocycles. The molecule has 4 heteroatoms. The Balaban J connectivity index is 2.18. The molecule has 1 aromatic carbocycles. The molecule has 1 unspecified atom stereocenters. The summed E-state index contributed by atoms with van der Waals surface area (Å²) in [4.78, 5) is 12.2. The van der Waals surface area contributed by atoms with E-state index < -0.39 is 5.60 Å². The van der Waals surface area contributed by atoms with E-state index in [4.69, 9.17) is 4.74 Å². The van der Waals surface area contributed by atoms with Gasteiger partial charge in [0.25, 0.3) is 0 Å². The van der Waals surface area contributed by atoms with E-state index in [-0.39, 0.29) is 11.4 Å². The van der Waals surface area contributed by atoms with Gasteiger partial charge in [-0.1, -0.05) is 28.1 Å². The standard InChI is InChI=1S/C16H22BrNO2/c1-15(2,3)20-14(19)10-16(8-9-18-11-16)12-4-6-13(17)7-5-12/h4-7,18H,8-11H2,1-3H3. The van der Waals surface area contributed by atoms with Crippen LogP contribution in [0.1, 0.15) is 39.2 Å². The summed E-state index contributed by atoms with van der Waals surface area (Å²) in [5, 5.41) is 3.37. The summed E-state index contributed by atoms with van der Waals surface area (Å²) in [7, 11) is 0. The lowest BCUT2D eigenvalue weighted by Crippen LogP contribution is -2.35. The van der Waals surface area contributed by atoms with E-state index in [1.54, 1.807) is 0 Å². The molecule has 1 aromatic rings. The zero-order chi connectivity index (χ0) is 14.8. The molecule has 0 aliphatic carbocycles. The summed E-state index contributed by atoms with van der Waals surface area (Å²) in [6.45, 7) is 7.49. The molecule has 1 aliphatic heterocycles. The molecule has 1 saturated heterocycles. The Morgan fingerprint density at radius 3 is 2.50 bits per heavy atom. The maximum atomic E-state index is 12.2. The highest BCUT2D eigenvalue weighted by molar-refractivity contribution is 9.10. The third-order valence-corrected chi connectivity index (χ3v) is 4.13. The topological polar surface area (TPSA) is 38.3 Å². The predicted molar refractivity (Wildman–Crippen MR) is 83.8 cm³/mol. The first-order valence-corrected chi connectivity index (χ1v) is 7.79. The predicted octanol–water partition coefficient (Wildman–Crippen LogP) is 3.41. The molecule has 0 radical (unpaired) electrons. The minimum absolute atomic E-state index is 0.121. The highest BCUT2D eigenvalue weighted by Gasteiger charge is 2.38.